The van der Waals surface area contributed by atoms with E-state index in [2.05, 4.69) is 0 Å². The minimum absolute atomic E-state index is 0.0246. The Morgan fingerprint density at radius 3 is 2.78 bits per heavy atom. The van der Waals surface area contributed by atoms with Crippen LogP contribution in [-0.4, -0.2) is 45.8 Å². The van der Waals surface area contributed by atoms with Gasteiger partial charge in [0.25, 0.3) is 0 Å². The molecule has 0 spiro atoms. The maximum atomic E-state index is 12.3. The maximum absolute atomic E-state index is 12.3. The summed E-state index contributed by atoms with van der Waals surface area (Å²) in [5, 5.41) is 0.536. The van der Waals surface area contributed by atoms with E-state index in [0.29, 0.717) is 22.8 Å². The summed E-state index contributed by atoms with van der Waals surface area (Å²) in [5.74, 6) is -0.325. The average Bonchev–Trinajstić information content (AvgIpc) is 3.02. The molecule has 1 amide bonds. The van der Waals surface area contributed by atoms with Gasteiger partial charge in [0.15, 0.2) is 12.4 Å². The van der Waals surface area contributed by atoms with E-state index in [1.807, 2.05) is 6.92 Å². The molecule has 0 bridgehead atoms. The maximum Gasteiger partial charge on any atom is 0.330 e. The molecule has 3 rings (SSSR count). The van der Waals surface area contributed by atoms with Gasteiger partial charge in [0.05, 0.1) is 4.87 Å². The highest BCUT2D eigenvalue weighted by atomic mass is 35.5. The summed E-state index contributed by atoms with van der Waals surface area (Å²) in [6.45, 7) is 1.63. The number of thioether (sulfide) groups is 1. The number of nitrogens with zero attached hydrogens (tertiary/aromatic N) is 1. The minimum atomic E-state index is -0.599. The van der Waals surface area contributed by atoms with E-state index in [4.69, 9.17) is 16.3 Å². The molecule has 0 unspecified atom stereocenters. The molecule has 2 atom stereocenters. The fraction of sp³-hybridized carbons (Fsp3) is 0.438. The number of ketones is 1. The number of halogens is 1. The lowest BCUT2D eigenvalue weighted by Gasteiger charge is -2.29. The number of fused-ring (bicyclic) bond motifs is 1. The number of hydrogen-bond donors (Lipinski definition) is 0. The molecule has 0 saturated carbocycles. The Hall–Kier alpha value is -1.53. The van der Waals surface area contributed by atoms with Crippen LogP contribution in [0, 0.1) is 0 Å². The molecular weight excluding hydrogens is 338 g/mol. The highest BCUT2D eigenvalue weighted by Crippen LogP contribution is 2.47. The third-order valence-electron chi connectivity index (χ3n) is 4.23. The summed E-state index contributed by atoms with van der Waals surface area (Å²) in [6.07, 6.45) is 1.20. The van der Waals surface area contributed by atoms with Crippen molar-refractivity contribution in [2.75, 3.05) is 12.4 Å². The summed E-state index contributed by atoms with van der Waals surface area (Å²) in [6, 6.07) is 5.80. The minimum Gasteiger partial charge on any atom is -0.456 e. The molecule has 7 heteroatoms. The van der Waals surface area contributed by atoms with Crippen LogP contribution in [0.3, 0.4) is 0 Å². The molecule has 0 N–H and O–H groups in total. The number of rotatable bonds is 4. The second-order valence-corrected chi connectivity index (χ2v) is 7.74. The molecule has 5 nitrogen and oxygen atoms in total. The lowest BCUT2D eigenvalue weighted by atomic mass is 10.1. The van der Waals surface area contributed by atoms with Gasteiger partial charge in [0.1, 0.15) is 6.04 Å². The van der Waals surface area contributed by atoms with E-state index in [9.17, 15) is 14.4 Å². The molecule has 23 heavy (non-hydrogen) atoms. The van der Waals surface area contributed by atoms with Crippen LogP contribution in [0.5, 0.6) is 0 Å². The SMILES string of the molecule is C[C@]12CCC(=O)N1[C@H](C(=O)OCC(=O)c1ccc(Cl)cc1)CS2. The molecule has 2 fully saturated rings. The molecular formula is C16H16ClNO4S. The van der Waals surface area contributed by atoms with E-state index < -0.39 is 12.0 Å². The third-order valence-corrected chi connectivity index (χ3v) is 5.99. The zero-order chi connectivity index (χ0) is 16.6. The Labute approximate surface area is 143 Å². The van der Waals surface area contributed by atoms with Crippen molar-refractivity contribution in [3.8, 4) is 0 Å². The first-order chi connectivity index (χ1) is 10.9. The molecule has 1 aromatic rings. The molecule has 0 radical (unpaired) electrons. The fourth-order valence-corrected chi connectivity index (χ4v) is 4.49. The number of benzene rings is 1. The Morgan fingerprint density at radius 1 is 1.39 bits per heavy atom. The Bertz CT molecular complexity index is 663. The quantitative estimate of drug-likeness (QED) is 0.614. The first kappa shape index (κ1) is 16.3. The van der Waals surface area contributed by atoms with Crippen LogP contribution in [0.1, 0.15) is 30.1 Å². The number of Topliss-reactive ketones (excluding diaryl/α,β-unsaturated/α-hetero) is 1. The topological polar surface area (TPSA) is 63.7 Å². The Kier molecular flexibility index (Phi) is 4.38. The summed E-state index contributed by atoms with van der Waals surface area (Å²) in [5.41, 5.74) is 0.435. The second kappa shape index (κ2) is 6.17. The molecule has 2 saturated heterocycles. The number of carbonyl (C=O) groups is 3. The van der Waals surface area contributed by atoms with Crippen molar-refractivity contribution < 1.29 is 19.1 Å². The van der Waals surface area contributed by atoms with Gasteiger partial charge in [-0.05, 0) is 37.6 Å². The molecule has 0 aromatic heterocycles. The third kappa shape index (κ3) is 3.10. The Balaban J connectivity index is 1.60. The standard InChI is InChI=1S/C16H16ClNO4S/c1-16-7-6-14(20)18(16)12(9-23-16)15(21)22-8-13(19)10-2-4-11(17)5-3-10/h2-5,12H,6-9H2,1H3/t12-,16-/m0/s1. The van der Waals surface area contributed by atoms with Gasteiger partial charge in [-0.15, -0.1) is 11.8 Å². The van der Waals surface area contributed by atoms with Gasteiger partial charge in [-0.1, -0.05) is 11.6 Å². The van der Waals surface area contributed by atoms with Crippen molar-refractivity contribution in [3.63, 3.8) is 0 Å². The van der Waals surface area contributed by atoms with E-state index in [-0.39, 0.29) is 23.2 Å². The van der Waals surface area contributed by atoms with Gasteiger partial charge in [-0.3, -0.25) is 9.59 Å². The lowest BCUT2D eigenvalue weighted by Crippen LogP contribution is -2.46. The van der Waals surface area contributed by atoms with Gasteiger partial charge >= 0.3 is 5.97 Å². The Morgan fingerprint density at radius 2 is 2.09 bits per heavy atom. The van der Waals surface area contributed by atoms with E-state index >= 15 is 0 Å². The number of ether oxygens (including phenoxy) is 1. The van der Waals surface area contributed by atoms with Gasteiger partial charge in [0, 0.05) is 22.8 Å². The van der Waals surface area contributed by atoms with Crippen LogP contribution in [0.2, 0.25) is 5.02 Å². The molecule has 2 heterocycles. The van der Waals surface area contributed by atoms with Crippen LogP contribution in [0.25, 0.3) is 0 Å². The van der Waals surface area contributed by atoms with Crippen molar-refractivity contribution >= 4 is 41.0 Å². The average molecular weight is 354 g/mol. The normalized spacial score (nSPS) is 26.3. The first-order valence-corrected chi connectivity index (χ1v) is 8.68. The molecule has 2 aliphatic rings. The van der Waals surface area contributed by atoms with E-state index in [0.717, 1.165) is 6.42 Å². The summed E-state index contributed by atoms with van der Waals surface area (Å²) in [7, 11) is 0. The first-order valence-electron chi connectivity index (χ1n) is 7.32. The molecule has 122 valence electrons. The monoisotopic (exact) mass is 353 g/mol. The van der Waals surface area contributed by atoms with Crippen LogP contribution in [-0.2, 0) is 14.3 Å². The van der Waals surface area contributed by atoms with Crippen molar-refractivity contribution in [1.29, 1.82) is 0 Å². The van der Waals surface area contributed by atoms with Gasteiger partial charge in [-0.2, -0.15) is 0 Å². The molecule has 1 aromatic carbocycles. The molecule has 2 aliphatic heterocycles. The van der Waals surface area contributed by atoms with Crippen LogP contribution in [0.15, 0.2) is 24.3 Å². The van der Waals surface area contributed by atoms with E-state index in [1.54, 1.807) is 40.9 Å². The van der Waals surface area contributed by atoms with Gasteiger partial charge in [0.2, 0.25) is 5.91 Å². The molecule has 0 aliphatic carbocycles. The zero-order valence-electron chi connectivity index (χ0n) is 12.6. The van der Waals surface area contributed by atoms with Crippen LogP contribution < -0.4 is 0 Å². The number of carbonyl (C=O) groups excluding carboxylic acids is 3. The summed E-state index contributed by atoms with van der Waals surface area (Å²) in [4.78, 5) is 37.6. The summed E-state index contributed by atoms with van der Waals surface area (Å²) < 4.78 is 5.15. The van der Waals surface area contributed by atoms with Crippen molar-refractivity contribution in [2.45, 2.75) is 30.7 Å². The van der Waals surface area contributed by atoms with Crippen molar-refractivity contribution in [1.82, 2.24) is 4.90 Å². The van der Waals surface area contributed by atoms with E-state index in [1.165, 1.54) is 0 Å². The largest absolute Gasteiger partial charge is 0.456 e. The smallest absolute Gasteiger partial charge is 0.330 e. The number of esters is 1. The predicted octanol–water partition coefficient (Wildman–Crippen LogP) is 2.52. The predicted molar refractivity (Wildman–Crippen MR) is 87.5 cm³/mol. The lowest BCUT2D eigenvalue weighted by molar-refractivity contribution is -0.152. The highest BCUT2D eigenvalue weighted by Gasteiger charge is 2.53. The number of amides is 1. The van der Waals surface area contributed by atoms with Gasteiger partial charge in [-0.25, -0.2) is 4.79 Å². The second-order valence-electron chi connectivity index (χ2n) is 5.80. The zero-order valence-corrected chi connectivity index (χ0v) is 14.2. The van der Waals surface area contributed by atoms with Crippen molar-refractivity contribution in [3.05, 3.63) is 34.9 Å². The fourth-order valence-electron chi connectivity index (χ4n) is 2.95. The van der Waals surface area contributed by atoms with Gasteiger partial charge < -0.3 is 9.64 Å². The van der Waals surface area contributed by atoms with Crippen LogP contribution >= 0.6 is 23.4 Å². The summed E-state index contributed by atoms with van der Waals surface area (Å²) >= 11 is 7.36. The highest BCUT2D eigenvalue weighted by molar-refractivity contribution is 8.01. The van der Waals surface area contributed by atoms with Crippen molar-refractivity contribution in [2.24, 2.45) is 0 Å². The van der Waals surface area contributed by atoms with Crippen LogP contribution in [0.4, 0.5) is 0 Å². The number of hydrogen-bond acceptors (Lipinski definition) is 5.